The zero-order valence-electron chi connectivity index (χ0n) is 9.35. The van der Waals surface area contributed by atoms with Crippen molar-refractivity contribution in [3.63, 3.8) is 0 Å². The lowest BCUT2D eigenvalue weighted by Crippen LogP contribution is -2.16. The Morgan fingerprint density at radius 1 is 1.29 bits per heavy atom. The van der Waals surface area contributed by atoms with Crippen LogP contribution in [-0.4, -0.2) is 12.3 Å². The molecule has 1 N–H and O–H groups in total. The van der Waals surface area contributed by atoms with E-state index in [2.05, 4.69) is 5.32 Å². The van der Waals surface area contributed by atoms with Crippen molar-refractivity contribution < 1.29 is 4.79 Å². The highest BCUT2D eigenvalue weighted by molar-refractivity contribution is 7.10. The summed E-state index contributed by atoms with van der Waals surface area (Å²) < 4.78 is 0. The molecule has 3 heteroatoms. The Morgan fingerprint density at radius 2 is 2.18 bits per heavy atom. The molecule has 1 aliphatic rings. The summed E-state index contributed by atoms with van der Waals surface area (Å²) in [5.74, 6) is 0.332. The quantitative estimate of drug-likeness (QED) is 0.897. The van der Waals surface area contributed by atoms with Crippen molar-refractivity contribution in [2.45, 2.75) is 12.3 Å². The molecule has 1 aliphatic heterocycles. The highest BCUT2D eigenvalue weighted by Crippen LogP contribution is 2.32. The van der Waals surface area contributed by atoms with Crippen LogP contribution in [0.25, 0.3) is 0 Å². The Kier molecular flexibility index (Phi) is 2.69. The summed E-state index contributed by atoms with van der Waals surface area (Å²) in [6, 6.07) is 12.1. The monoisotopic (exact) mass is 243 g/mol. The van der Waals surface area contributed by atoms with Crippen molar-refractivity contribution in [2.75, 3.05) is 11.9 Å². The van der Waals surface area contributed by atoms with Gasteiger partial charge in [0.25, 0.3) is 0 Å². The number of anilines is 1. The Hall–Kier alpha value is -1.61. The number of hydrogen-bond donors (Lipinski definition) is 1. The standard InChI is InChI=1S/C14H13NOS/c16-14(8-10-4-3-7-17-10)12-9-15-13-6-2-1-5-11(12)13/h1-7,12,15H,8-9H2. The molecule has 2 heterocycles. The van der Waals surface area contributed by atoms with Gasteiger partial charge in [-0.2, -0.15) is 0 Å². The van der Waals surface area contributed by atoms with Crippen molar-refractivity contribution in [2.24, 2.45) is 0 Å². The predicted molar refractivity (Wildman–Crippen MR) is 70.7 cm³/mol. The molecule has 0 bridgehead atoms. The van der Waals surface area contributed by atoms with Gasteiger partial charge in [0, 0.05) is 23.5 Å². The molecular weight excluding hydrogens is 230 g/mol. The lowest BCUT2D eigenvalue weighted by molar-refractivity contribution is -0.119. The van der Waals surface area contributed by atoms with E-state index in [4.69, 9.17) is 0 Å². The third-order valence-electron chi connectivity index (χ3n) is 3.15. The number of carbonyl (C=O) groups is 1. The van der Waals surface area contributed by atoms with Crippen molar-refractivity contribution in [1.29, 1.82) is 0 Å². The van der Waals surface area contributed by atoms with E-state index in [-0.39, 0.29) is 5.92 Å². The summed E-state index contributed by atoms with van der Waals surface area (Å²) in [5.41, 5.74) is 2.26. The number of fused-ring (bicyclic) bond motifs is 1. The Bertz CT molecular complexity index is 533. The fourth-order valence-corrected chi connectivity index (χ4v) is 2.99. The van der Waals surface area contributed by atoms with Crippen LogP contribution >= 0.6 is 11.3 Å². The smallest absolute Gasteiger partial charge is 0.147 e. The van der Waals surface area contributed by atoms with E-state index in [1.165, 1.54) is 0 Å². The largest absolute Gasteiger partial charge is 0.384 e. The molecule has 0 aliphatic carbocycles. The normalized spacial score (nSPS) is 17.5. The molecule has 86 valence electrons. The maximum atomic E-state index is 12.2. The maximum Gasteiger partial charge on any atom is 0.147 e. The fraction of sp³-hybridized carbons (Fsp3) is 0.214. The van der Waals surface area contributed by atoms with Crippen molar-refractivity contribution in [3.05, 3.63) is 52.2 Å². The molecule has 2 nitrogen and oxygen atoms in total. The summed E-state index contributed by atoms with van der Waals surface area (Å²) in [7, 11) is 0. The van der Waals surface area contributed by atoms with Crippen LogP contribution in [0.15, 0.2) is 41.8 Å². The number of para-hydroxylation sites is 1. The first-order valence-electron chi connectivity index (χ1n) is 5.72. The minimum atomic E-state index is 0.0216. The number of ketones is 1. The van der Waals surface area contributed by atoms with E-state index in [0.29, 0.717) is 12.2 Å². The van der Waals surface area contributed by atoms with Gasteiger partial charge >= 0.3 is 0 Å². The zero-order valence-corrected chi connectivity index (χ0v) is 10.2. The molecule has 1 atom stereocenters. The second-order valence-electron chi connectivity index (χ2n) is 4.24. The third kappa shape index (κ3) is 1.98. The van der Waals surface area contributed by atoms with Gasteiger partial charge in [-0.05, 0) is 23.1 Å². The van der Waals surface area contributed by atoms with Gasteiger partial charge in [-0.1, -0.05) is 24.3 Å². The Morgan fingerprint density at radius 3 is 3.00 bits per heavy atom. The summed E-state index contributed by atoms with van der Waals surface area (Å²) in [6.45, 7) is 0.740. The number of carbonyl (C=O) groups excluding carboxylic acids is 1. The average molecular weight is 243 g/mol. The molecule has 1 unspecified atom stereocenters. The highest BCUT2D eigenvalue weighted by Gasteiger charge is 2.27. The maximum absolute atomic E-state index is 12.2. The highest BCUT2D eigenvalue weighted by atomic mass is 32.1. The van der Waals surface area contributed by atoms with Crippen LogP contribution in [0.2, 0.25) is 0 Å². The fourth-order valence-electron chi connectivity index (χ4n) is 2.28. The van der Waals surface area contributed by atoms with Gasteiger partial charge in [-0.25, -0.2) is 0 Å². The van der Waals surface area contributed by atoms with Gasteiger partial charge in [0.05, 0.1) is 5.92 Å². The number of benzene rings is 1. The SMILES string of the molecule is O=C(Cc1cccs1)C1CNc2ccccc21. The first-order chi connectivity index (χ1) is 8.34. The van der Waals surface area contributed by atoms with Crippen molar-refractivity contribution in [3.8, 4) is 0 Å². The molecule has 2 aromatic rings. The summed E-state index contributed by atoms with van der Waals surface area (Å²) in [4.78, 5) is 13.4. The minimum absolute atomic E-state index is 0.0216. The van der Waals surface area contributed by atoms with Gasteiger partial charge in [-0.3, -0.25) is 4.79 Å². The second kappa shape index (κ2) is 4.34. The van der Waals surface area contributed by atoms with E-state index in [9.17, 15) is 4.79 Å². The van der Waals surface area contributed by atoms with Crippen LogP contribution < -0.4 is 5.32 Å². The predicted octanol–water partition coefficient (Wildman–Crippen LogP) is 3.07. The number of rotatable bonds is 3. The molecule has 0 spiro atoms. The van der Waals surface area contributed by atoms with E-state index in [1.54, 1.807) is 11.3 Å². The molecule has 3 rings (SSSR count). The van der Waals surface area contributed by atoms with Crippen LogP contribution in [-0.2, 0) is 11.2 Å². The molecule has 17 heavy (non-hydrogen) atoms. The Labute approximate surface area is 104 Å². The third-order valence-corrected chi connectivity index (χ3v) is 4.03. The minimum Gasteiger partial charge on any atom is -0.384 e. The number of hydrogen-bond acceptors (Lipinski definition) is 3. The van der Waals surface area contributed by atoms with E-state index in [1.807, 2.05) is 41.8 Å². The van der Waals surface area contributed by atoms with Crippen LogP contribution in [0, 0.1) is 0 Å². The zero-order chi connectivity index (χ0) is 11.7. The molecule has 1 aromatic heterocycles. The second-order valence-corrected chi connectivity index (χ2v) is 5.28. The summed E-state index contributed by atoms with van der Waals surface area (Å²) in [5, 5.41) is 5.31. The molecule has 0 fully saturated rings. The van der Waals surface area contributed by atoms with E-state index < -0.39 is 0 Å². The lowest BCUT2D eigenvalue weighted by Gasteiger charge is -2.07. The molecule has 1 aromatic carbocycles. The van der Waals surface area contributed by atoms with E-state index >= 15 is 0 Å². The van der Waals surface area contributed by atoms with Gasteiger partial charge in [-0.15, -0.1) is 11.3 Å². The van der Waals surface area contributed by atoms with Crippen molar-refractivity contribution in [1.82, 2.24) is 0 Å². The van der Waals surface area contributed by atoms with Crippen LogP contribution in [0.3, 0.4) is 0 Å². The number of nitrogens with one attached hydrogen (secondary N) is 1. The lowest BCUT2D eigenvalue weighted by atomic mass is 9.95. The average Bonchev–Trinajstić information content (AvgIpc) is 2.96. The summed E-state index contributed by atoms with van der Waals surface area (Å²) >= 11 is 1.65. The Balaban J connectivity index is 1.80. The van der Waals surface area contributed by atoms with Crippen LogP contribution in [0.5, 0.6) is 0 Å². The summed E-state index contributed by atoms with van der Waals surface area (Å²) in [6.07, 6.45) is 0.554. The topological polar surface area (TPSA) is 29.1 Å². The van der Waals surface area contributed by atoms with Crippen molar-refractivity contribution >= 4 is 22.8 Å². The van der Waals surface area contributed by atoms with Gasteiger partial charge in [0.2, 0.25) is 0 Å². The van der Waals surface area contributed by atoms with Gasteiger partial charge in [0.15, 0.2) is 0 Å². The van der Waals surface area contributed by atoms with E-state index in [0.717, 1.165) is 22.7 Å². The number of Topliss-reactive ketones (excluding diaryl/α,β-unsaturated/α-hetero) is 1. The molecule has 0 amide bonds. The van der Waals surface area contributed by atoms with Gasteiger partial charge in [0.1, 0.15) is 5.78 Å². The molecular formula is C14H13NOS. The molecule has 0 saturated carbocycles. The molecule has 0 saturated heterocycles. The van der Waals surface area contributed by atoms with Crippen LogP contribution in [0.1, 0.15) is 16.4 Å². The van der Waals surface area contributed by atoms with Gasteiger partial charge < -0.3 is 5.32 Å². The first-order valence-corrected chi connectivity index (χ1v) is 6.60. The number of thiophene rings is 1. The first kappa shape index (κ1) is 10.5. The van der Waals surface area contributed by atoms with Crippen LogP contribution in [0.4, 0.5) is 5.69 Å². The molecule has 0 radical (unpaired) electrons.